The van der Waals surface area contributed by atoms with Gasteiger partial charge in [-0.05, 0) is 18.2 Å². The highest BCUT2D eigenvalue weighted by molar-refractivity contribution is 7.92. The molecule has 1 aromatic heterocycles. The number of hydrogen-bond acceptors (Lipinski definition) is 5. The minimum atomic E-state index is -3.81. The zero-order chi connectivity index (χ0) is 18.3. The number of furan rings is 1. The van der Waals surface area contributed by atoms with Crippen molar-refractivity contribution in [3.8, 4) is 16.9 Å². The van der Waals surface area contributed by atoms with E-state index in [0.717, 1.165) is 0 Å². The summed E-state index contributed by atoms with van der Waals surface area (Å²) >= 11 is 0. The van der Waals surface area contributed by atoms with Gasteiger partial charge in [-0.3, -0.25) is 4.72 Å². The van der Waals surface area contributed by atoms with Crippen LogP contribution in [-0.4, -0.2) is 19.5 Å². The maximum atomic E-state index is 12.6. The number of rotatable bonds is 4. The van der Waals surface area contributed by atoms with Crippen molar-refractivity contribution in [1.82, 2.24) is 0 Å². The van der Waals surface area contributed by atoms with Gasteiger partial charge in [-0.2, -0.15) is 0 Å². The van der Waals surface area contributed by atoms with Crippen molar-refractivity contribution in [2.45, 2.75) is 11.5 Å². The van der Waals surface area contributed by atoms with E-state index in [2.05, 4.69) is 4.72 Å². The number of sulfonamides is 1. The molecule has 2 heterocycles. The van der Waals surface area contributed by atoms with Crippen LogP contribution in [0.5, 0.6) is 5.75 Å². The van der Waals surface area contributed by atoms with E-state index in [4.69, 9.17) is 9.15 Å². The SMILES string of the molecule is O=C(O)c1cccc2c1OCc1occ(NS(=O)(=O)c3ccccc3)c1-2. The second kappa shape index (κ2) is 5.92. The molecule has 2 N–H and O–H groups in total. The Labute approximate surface area is 148 Å². The Morgan fingerprint density at radius 1 is 1.08 bits per heavy atom. The maximum Gasteiger partial charge on any atom is 0.339 e. The maximum absolute atomic E-state index is 12.6. The smallest absolute Gasteiger partial charge is 0.339 e. The first kappa shape index (κ1) is 16.2. The lowest BCUT2D eigenvalue weighted by molar-refractivity contribution is 0.0691. The highest BCUT2D eigenvalue weighted by Gasteiger charge is 2.29. The van der Waals surface area contributed by atoms with Crippen LogP contribution in [-0.2, 0) is 16.6 Å². The fraction of sp³-hybridized carbons (Fsp3) is 0.0556. The number of carbonyl (C=O) groups is 1. The zero-order valence-electron chi connectivity index (χ0n) is 13.3. The van der Waals surface area contributed by atoms with Crippen LogP contribution in [0, 0.1) is 0 Å². The van der Waals surface area contributed by atoms with E-state index < -0.39 is 16.0 Å². The van der Waals surface area contributed by atoms with Gasteiger partial charge >= 0.3 is 5.97 Å². The first-order valence-electron chi connectivity index (χ1n) is 7.65. The lowest BCUT2D eigenvalue weighted by Gasteiger charge is -2.19. The average Bonchev–Trinajstić information content (AvgIpc) is 3.04. The molecule has 0 radical (unpaired) electrons. The number of nitrogens with one attached hydrogen (secondary N) is 1. The van der Waals surface area contributed by atoms with E-state index in [0.29, 0.717) is 16.9 Å². The van der Waals surface area contributed by atoms with Gasteiger partial charge in [0, 0.05) is 5.56 Å². The Bertz CT molecular complexity index is 1100. The number of ether oxygens (including phenoxy) is 1. The number of carboxylic acids is 1. The van der Waals surface area contributed by atoms with Crippen molar-refractivity contribution >= 4 is 21.7 Å². The first-order chi connectivity index (χ1) is 12.5. The third-order valence-corrected chi connectivity index (χ3v) is 5.41. The van der Waals surface area contributed by atoms with Gasteiger partial charge in [0.25, 0.3) is 10.0 Å². The van der Waals surface area contributed by atoms with Gasteiger partial charge in [0.15, 0.2) is 5.76 Å². The summed E-state index contributed by atoms with van der Waals surface area (Å²) in [6.45, 7) is 0.0136. The number of benzene rings is 2. The molecule has 1 aliphatic rings. The molecule has 1 aliphatic heterocycles. The molecule has 3 aromatic rings. The molecule has 0 bridgehead atoms. The van der Waals surface area contributed by atoms with E-state index in [1.54, 1.807) is 30.3 Å². The third kappa shape index (κ3) is 2.60. The Hall–Kier alpha value is -3.26. The summed E-state index contributed by atoms with van der Waals surface area (Å²) in [6.07, 6.45) is 1.29. The zero-order valence-corrected chi connectivity index (χ0v) is 14.1. The normalized spacial score (nSPS) is 12.6. The predicted octanol–water partition coefficient (Wildman–Crippen LogP) is 3.34. The lowest BCUT2D eigenvalue weighted by atomic mass is 9.99. The fourth-order valence-electron chi connectivity index (χ4n) is 2.87. The third-order valence-electron chi connectivity index (χ3n) is 4.03. The van der Waals surface area contributed by atoms with Crippen LogP contribution >= 0.6 is 0 Å². The molecular weight excluding hydrogens is 358 g/mol. The largest absolute Gasteiger partial charge is 0.484 e. The van der Waals surface area contributed by atoms with Gasteiger partial charge < -0.3 is 14.3 Å². The van der Waals surface area contributed by atoms with Crippen LogP contribution in [0.3, 0.4) is 0 Å². The van der Waals surface area contributed by atoms with E-state index in [-0.39, 0.29) is 28.5 Å². The highest BCUT2D eigenvalue weighted by Crippen LogP contribution is 2.45. The summed E-state index contributed by atoms with van der Waals surface area (Å²) in [5.74, 6) is -0.514. The molecule has 0 amide bonds. The van der Waals surface area contributed by atoms with Crippen molar-refractivity contribution in [2.24, 2.45) is 0 Å². The Kier molecular flexibility index (Phi) is 3.69. The molecule has 26 heavy (non-hydrogen) atoms. The number of para-hydroxylation sites is 1. The first-order valence-corrected chi connectivity index (χ1v) is 9.13. The summed E-state index contributed by atoms with van der Waals surface area (Å²) in [5, 5.41) is 9.33. The van der Waals surface area contributed by atoms with Crippen LogP contribution in [0.4, 0.5) is 5.69 Å². The fourth-order valence-corrected chi connectivity index (χ4v) is 3.95. The van der Waals surface area contributed by atoms with Crippen LogP contribution < -0.4 is 9.46 Å². The molecule has 7 nitrogen and oxygen atoms in total. The van der Waals surface area contributed by atoms with Gasteiger partial charge in [-0.1, -0.05) is 30.3 Å². The molecule has 2 aromatic carbocycles. The number of aromatic carboxylic acids is 1. The van der Waals surface area contributed by atoms with Crippen molar-refractivity contribution in [2.75, 3.05) is 4.72 Å². The standard InChI is InChI=1S/C18H13NO6S/c20-18(21)13-8-4-7-12-16-14(9-24-15(16)10-25-17(12)13)19-26(22,23)11-5-2-1-3-6-11/h1-9,19H,10H2,(H,20,21). The second-order valence-electron chi connectivity index (χ2n) is 5.64. The van der Waals surface area contributed by atoms with Crippen molar-refractivity contribution in [3.63, 3.8) is 0 Å². The van der Waals surface area contributed by atoms with Crippen molar-refractivity contribution < 1.29 is 27.5 Å². The van der Waals surface area contributed by atoms with Crippen LogP contribution in [0.2, 0.25) is 0 Å². The number of hydrogen-bond donors (Lipinski definition) is 2. The van der Waals surface area contributed by atoms with E-state index in [1.165, 1.54) is 24.5 Å². The summed E-state index contributed by atoms with van der Waals surface area (Å²) in [4.78, 5) is 11.5. The summed E-state index contributed by atoms with van der Waals surface area (Å²) in [5.41, 5.74) is 1.18. The molecule has 4 rings (SSSR count). The molecule has 8 heteroatoms. The van der Waals surface area contributed by atoms with Gasteiger partial charge in [0.05, 0.1) is 16.1 Å². The summed E-state index contributed by atoms with van der Waals surface area (Å²) in [6, 6.07) is 12.6. The number of anilines is 1. The van der Waals surface area contributed by atoms with Gasteiger partial charge in [-0.15, -0.1) is 0 Å². The van der Waals surface area contributed by atoms with Gasteiger partial charge in [-0.25, -0.2) is 13.2 Å². The average molecular weight is 371 g/mol. The number of carboxylic acid groups (broad SMARTS) is 1. The van der Waals surface area contributed by atoms with Gasteiger partial charge in [0.2, 0.25) is 0 Å². The quantitative estimate of drug-likeness (QED) is 0.729. The predicted molar refractivity (Wildman–Crippen MR) is 92.7 cm³/mol. The van der Waals surface area contributed by atoms with Crippen molar-refractivity contribution in [1.29, 1.82) is 0 Å². The minimum Gasteiger partial charge on any atom is -0.484 e. The Balaban J connectivity index is 1.81. The monoisotopic (exact) mass is 371 g/mol. The molecule has 0 atom stereocenters. The number of fused-ring (bicyclic) bond motifs is 3. The second-order valence-corrected chi connectivity index (χ2v) is 7.32. The van der Waals surface area contributed by atoms with Crippen LogP contribution in [0.15, 0.2) is 64.1 Å². The Morgan fingerprint density at radius 2 is 1.85 bits per heavy atom. The van der Waals surface area contributed by atoms with E-state index in [1.807, 2.05) is 0 Å². The molecule has 0 saturated carbocycles. The molecule has 0 aliphatic carbocycles. The molecule has 132 valence electrons. The van der Waals surface area contributed by atoms with Crippen LogP contribution in [0.1, 0.15) is 16.1 Å². The Morgan fingerprint density at radius 3 is 2.58 bits per heavy atom. The molecule has 0 spiro atoms. The summed E-state index contributed by atoms with van der Waals surface area (Å²) < 4.78 is 38.6. The topological polar surface area (TPSA) is 106 Å². The van der Waals surface area contributed by atoms with Crippen molar-refractivity contribution in [3.05, 3.63) is 66.1 Å². The van der Waals surface area contributed by atoms with Crippen LogP contribution in [0.25, 0.3) is 11.1 Å². The molecule has 0 unspecified atom stereocenters. The van der Waals surface area contributed by atoms with E-state index >= 15 is 0 Å². The summed E-state index contributed by atoms with van der Waals surface area (Å²) in [7, 11) is -3.81. The molecule has 0 saturated heterocycles. The lowest BCUT2D eigenvalue weighted by Crippen LogP contribution is -2.14. The van der Waals surface area contributed by atoms with E-state index in [9.17, 15) is 18.3 Å². The molecule has 0 fully saturated rings. The highest BCUT2D eigenvalue weighted by atomic mass is 32.2. The minimum absolute atomic E-state index is 0.00576. The van der Waals surface area contributed by atoms with Gasteiger partial charge in [0.1, 0.15) is 24.2 Å². The molecular formula is C18H13NO6S.